The zero-order chi connectivity index (χ0) is 12.1. The number of hydrogen-bond acceptors (Lipinski definition) is 3. The predicted octanol–water partition coefficient (Wildman–Crippen LogP) is 1.55. The lowest BCUT2D eigenvalue weighted by Gasteiger charge is -2.38. The number of nitrogens with zero attached hydrogens (tertiary/aromatic N) is 2. The normalized spacial score (nSPS) is 21.9. The lowest BCUT2D eigenvalue weighted by atomic mass is 10.0. The van der Waals surface area contributed by atoms with Crippen LogP contribution in [0.2, 0.25) is 0 Å². The Balaban J connectivity index is 1.88. The van der Waals surface area contributed by atoms with E-state index in [0.29, 0.717) is 12.0 Å². The number of piperazine rings is 1. The van der Waals surface area contributed by atoms with Crippen LogP contribution in [0.4, 0.5) is 0 Å². The van der Waals surface area contributed by atoms with E-state index in [1.807, 2.05) is 12.3 Å². The van der Waals surface area contributed by atoms with Gasteiger partial charge in [0.15, 0.2) is 0 Å². The maximum atomic E-state index is 4.39. The van der Waals surface area contributed by atoms with Gasteiger partial charge in [0.25, 0.3) is 0 Å². The van der Waals surface area contributed by atoms with Crippen LogP contribution in [0.3, 0.4) is 0 Å². The van der Waals surface area contributed by atoms with Crippen molar-refractivity contribution in [1.82, 2.24) is 15.2 Å². The van der Waals surface area contributed by atoms with Gasteiger partial charge in [-0.3, -0.25) is 9.88 Å². The smallest absolute Gasteiger partial charge is 0.0416 e. The van der Waals surface area contributed by atoms with Gasteiger partial charge in [-0.25, -0.2) is 0 Å². The van der Waals surface area contributed by atoms with Crippen molar-refractivity contribution in [2.45, 2.75) is 26.3 Å². The van der Waals surface area contributed by atoms with E-state index in [4.69, 9.17) is 0 Å². The summed E-state index contributed by atoms with van der Waals surface area (Å²) < 4.78 is 0. The molecule has 0 aromatic carbocycles. The third kappa shape index (κ3) is 3.51. The van der Waals surface area contributed by atoms with E-state index in [-0.39, 0.29) is 0 Å². The van der Waals surface area contributed by atoms with Crippen LogP contribution >= 0.6 is 0 Å². The van der Waals surface area contributed by atoms with Crippen LogP contribution < -0.4 is 5.32 Å². The fourth-order valence-electron chi connectivity index (χ4n) is 2.51. The molecule has 0 aliphatic carbocycles. The van der Waals surface area contributed by atoms with Gasteiger partial charge in [0.05, 0.1) is 0 Å². The molecule has 0 bridgehead atoms. The van der Waals surface area contributed by atoms with Crippen LogP contribution in [0.1, 0.15) is 19.5 Å². The number of aromatic nitrogens is 1. The first kappa shape index (κ1) is 12.5. The van der Waals surface area contributed by atoms with Gasteiger partial charge in [0.1, 0.15) is 0 Å². The highest BCUT2D eigenvalue weighted by molar-refractivity contribution is 5.04. The minimum atomic E-state index is 0.674. The molecule has 94 valence electrons. The Bertz CT molecular complexity index is 323. The van der Waals surface area contributed by atoms with Gasteiger partial charge in [-0.1, -0.05) is 19.9 Å². The molecule has 1 aliphatic rings. The zero-order valence-corrected chi connectivity index (χ0v) is 10.9. The monoisotopic (exact) mass is 233 g/mol. The first-order valence-electron chi connectivity index (χ1n) is 6.62. The van der Waals surface area contributed by atoms with Crippen molar-refractivity contribution in [2.24, 2.45) is 5.92 Å². The van der Waals surface area contributed by atoms with Crippen molar-refractivity contribution in [3.05, 3.63) is 30.1 Å². The minimum absolute atomic E-state index is 0.674. The van der Waals surface area contributed by atoms with Crippen LogP contribution in [0.25, 0.3) is 0 Å². The van der Waals surface area contributed by atoms with Crippen molar-refractivity contribution in [1.29, 1.82) is 0 Å². The molecule has 1 aromatic heterocycles. The molecule has 3 nitrogen and oxygen atoms in total. The second-order valence-electron chi connectivity index (χ2n) is 5.12. The maximum Gasteiger partial charge on any atom is 0.0416 e. The van der Waals surface area contributed by atoms with Crippen LogP contribution in [0.5, 0.6) is 0 Å². The molecule has 1 aromatic rings. The molecular weight excluding hydrogens is 210 g/mol. The molecule has 2 rings (SSSR count). The quantitative estimate of drug-likeness (QED) is 0.855. The Morgan fingerprint density at radius 2 is 2.35 bits per heavy atom. The van der Waals surface area contributed by atoms with E-state index in [2.05, 4.69) is 41.2 Å². The van der Waals surface area contributed by atoms with Crippen LogP contribution in [0.15, 0.2) is 24.4 Å². The van der Waals surface area contributed by atoms with Gasteiger partial charge in [-0.05, 0) is 18.1 Å². The summed E-state index contributed by atoms with van der Waals surface area (Å²) >= 11 is 0. The molecule has 2 heterocycles. The lowest BCUT2D eigenvalue weighted by Crippen LogP contribution is -2.53. The summed E-state index contributed by atoms with van der Waals surface area (Å²) in [6.45, 7) is 9.15. The summed E-state index contributed by atoms with van der Waals surface area (Å²) in [5.41, 5.74) is 1.20. The molecule has 1 fully saturated rings. The Labute approximate surface area is 104 Å². The molecule has 1 unspecified atom stereocenters. The standard InChI is InChI=1S/C14H23N3/c1-12(2)14-11-15-8-10-17(14)9-6-13-5-3-4-7-16-13/h3-5,7,12,14-15H,6,8-11H2,1-2H3. The van der Waals surface area contributed by atoms with Crippen LogP contribution in [-0.4, -0.2) is 42.1 Å². The summed E-state index contributed by atoms with van der Waals surface area (Å²) in [6.07, 6.45) is 2.94. The Hall–Kier alpha value is -0.930. The molecule has 3 heteroatoms. The topological polar surface area (TPSA) is 28.2 Å². The fraction of sp³-hybridized carbons (Fsp3) is 0.643. The van der Waals surface area contributed by atoms with Gasteiger partial charge < -0.3 is 5.32 Å². The van der Waals surface area contributed by atoms with Crippen molar-refractivity contribution in [3.63, 3.8) is 0 Å². The Morgan fingerprint density at radius 1 is 1.47 bits per heavy atom. The summed E-state index contributed by atoms with van der Waals surface area (Å²) in [7, 11) is 0. The highest BCUT2D eigenvalue weighted by atomic mass is 15.2. The van der Waals surface area contributed by atoms with Gasteiger partial charge in [-0.2, -0.15) is 0 Å². The van der Waals surface area contributed by atoms with Crippen molar-refractivity contribution in [3.8, 4) is 0 Å². The average molecular weight is 233 g/mol. The van der Waals surface area contributed by atoms with Gasteiger partial charge in [0, 0.05) is 50.5 Å². The molecule has 1 atom stereocenters. The summed E-state index contributed by atoms with van der Waals surface area (Å²) in [5.74, 6) is 0.714. The molecule has 0 spiro atoms. The number of nitrogens with one attached hydrogen (secondary N) is 1. The Kier molecular flexibility index (Phi) is 4.51. The van der Waals surface area contributed by atoms with Gasteiger partial charge >= 0.3 is 0 Å². The van der Waals surface area contributed by atoms with E-state index >= 15 is 0 Å². The van der Waals surface area contributed by atoms with Gasteiger partial charge in [0.2, 0.25) is 0 Å². The molecule has 1 aliphatic heterocycles. The summed E-state index contributed by atoms with van der Waals surface area (Å²) in [4.78, 5) is 7.00. The highest BCUT2D eigenvalue weighted by Crippen LogP contribution is 2.13. The third-order valence-corrected chi connectivity index (χ3v) is 3.55. The lowest BCUT2D eigenvalue weighted by molar-refractivity contribution is 0.126. The molecule has 1 N–H and O–H groups in total. The summed E-state index contributed by atoms with van der Waals surface area (Å²) in [6, 6.07) is 6.84. The highest BCUT2D eigenvalue weighted by Gasteiger charge is 2.24. The van der Waals surface area contributed by atoms with Crippen LogP contribution in [-0.2, 0) is 6.42 Å². The average Bonchev–Trinajstić information content (AvgIpc) is 2.38. The van der Waals surface area contributed by atoms with Crippen molar-refractivity contribution in [2.75, 3.05) is 26.2 Å². The predicted molar refractivity (Wildman–Crippen MR) is 71.0 cm³/mol. The summed E-state index contributed by atoms with van der Waals surface area (Å²) in [5, 5.41) is 3.49. The SMILES string of the molecule is CC(C)C1CNCCN1CCc1ccccn1. The molecule has 0 amide bonds. The molecule has 0 saturated carbocycles. The van der Waals surface area contributed by atoms with Crippen molar-refractivity contribution < 1.29 is 0 Å². The fourth-order valence-corrected chi connectivity index (χ4v) is 2.51. The second-order valence-corrected chi connectivity index (χ2v) is 5.12. The van der Waals surface area contributed by atoms with E-state index in [9.17, 15) is 0 Å². The largest absolute Gasteiger partial charge is 0.314 e. The number of hydrogen-bond donors (Lipinski definition) is 1. The molecular formula is C14H23N3. The third-order valence-electron chi connectivity index (χ3n) is 3.55. The van der Waals surface area contributed by atoms with Crippen molar-refractivity contribution >= 4 is 0 Å². The molecule has 17 heavy (non-hydrogen) atoms. The molecule has 1 saturated heterocycles. The van der Waals surface area contributed by atoms with E-state index in [0.717, 1.165) is 32.6 Å². The van der Waals surface area contributed by atoms with E-state index in [1.165, 1.54) is 5.69 Å². The number of pyridine rings is 1. The first-order valence-corrected chi connectivity index (χ1v) is 6.62. The minimum Gasteiger partial charge on any atom is -0.314 e. The zero-order valence-electron chi connectivity index (χ0n) is 10.9. The van der Waals surface area contributed by atoms with E-state index < -0.39 is 0 Å². The second kappa shape index (κ2) is 6.12. The number of rotatable bonds is 4. The molecule has 0 radical (unpaired) electrons. The van der Waals surface area contributed by atoms with Gasteiger partial charge in [-0.15, -0.1) is 0 Å². The Morgan fingerprint density at radius 3 is 3.06 bits per heavy atom. The van der Waals surface area contributed by atoms with E-state index in [1.54, 1.807) is 0 Å². The first-order chi connectivity index (χ1) is 8.27. The maximum absolute atomic E-state index is 4.39. The van der Waals surface area contributed by atoms with Crippen LogP contribution in [0, 0.1) is 5.92 Å².